The molecule has 0 unspecified atom stereocenters. The molecule has 0 saturated heterocycles. The molecule has 0 spiro atoms. The van der Waals surface area contributed by atoms with Crippen molar-refractivity contribution < 1.29 is 28.5 Å². The van der Waals surface area contributed by atoms with Gasteiger partial charge in [0.1, 0.15) is 11.5 Å². The van der Waals surface area contributed by atoms with Crippen LogP contribution in [0.25, 0.3) is 0 Å². The Balaban J connectivity index is 1.50. The average molecular weight is 498 g/mol. The Morgan fingerprint density at radius 3 is 2.40 bits per heavy atom. The van der Waals surface area contributed by atoms with Crippen LogP contribution in [-0.2, 0) is 9.59 Å². The summed E-state index contributed by atoms with van der Waals surface area (Å²) in [5.41, 5.74) is 3.56. The number of amides is 2. The van der Waals surface area contributed by atoms with Crippen LogP contribution in [0.4, 0.5) is 5.69 Å². The lowest BCUT2D eigenvalue weighted by Gasteiger charge is -2.12. The number of carbonyl (C=O) groups is 2. The second-order valence-corrected chi connectivity index (χ2v) is 7.42. The third-order valence-electron chi connectivity index (χ3n) is 4.50. The van der Waals surface area contributed by atoms with E-state index < -0.39 is 5.91 Å². The number of methoxy groups -OCH3 is 2. The standard InChI is InChI=1S/C25H24ClN3O6/c1-32-21-9-4-3-8-20(21)28-24(30)15-35-22-11-10-17(12-23(22)33-2)14-27-29-25(31)16-34-19-7-5-6-18(26)13-19/h3-14H,15-16H2,1-2H3,(H,28,30)(H,29,31)/b27-14+. The molecule has 3 aromatic carbocycles. The summed E-state index contributed by atoms with van der Waals surface area (Å²) in [6.07, 6.45) is 1.44. The molecular weight excluding hydrogens is 474 g/mol. The van der Waals surface area contributed by atoms with Gasteiger partial charge in [-0.3, -0.25) is 9.59 Å². The number of anilines is 1. The van der Waals surface area contributed by atoms with Crippen LogP contribution in [0.2, 0.25) is 5.02 Å². The highest BCUT2D eigenvalue weighted by Gasteiger charge is 2.11. The Bertz CT molecular complexity index is 1200. The van der Waals surface area contributed by atoms with Crippen molar-refractivity contribution in [2.45, 2.75) is 0 Å². The number of nitrogens with zero attached hydrogens (tertiary/aromatic N) is 1. The minimum absolute atomic E-state index is 0.218. The van der Waals surface area contributed by atoms with E-state index >= 15 is 0 Å². The van der Waals surface area contributed by atoms with E-state index in [1.54, 1.807) is 66.7 Å². The van der Waals surface area contributed by atoms with Gasteiger partial charge in [-0.1, -0.05) is 29.8 Å². The van der Waals surface area contributed by atoms with Crippen molar-refractivity contribution in [2.24, 2.45) is 5.10 Å². The maximum absolute atomic E-state index is 12.3. The van der Waals surface area contributed by atoms with Crippen LogP contribution in [-0.4, -0.2) is 45.5 Å². The first kappa shape index (κ1) is 25.4. The normalized spacial score (nSPS) is 10.5. The lowest BCUT2D eigenvalue weighted by molar-refractivity contribution is -0.123. The smallest absolute Gasteiger partial charge is 0.277 e. The van der Waals surface area contributed by atoms with Gasteiger partial charge in [0.25, 0.3) is 11.8 Å². The lowest BCUT2D eigenvalue weighted by atomic mass is 10.2. The number of hydrogen-bond donors (Lipinski definition) is 2. The van der Waals surface area contributed by atoms with Gasteiger partial charge < -0.3 is 24.3 Å². The number of rotatable bonds is 11. The van der Waals surface area contributed by atoms with Crippen LogP contribution in [0, 0.1) is 0 Å². The molecule has 0 atom stereocenters. The Kier molecular flexibility index (Phi) is 9.32. The fourth-order valence-electron chi connectivity index (χ4n) is 2.88. The van der Waals surface area contributed by atoms with Crippen molar-refractivity contribution in [3.8, 4) is 23.0 Å². The fraction of sp³-hybridized carbons (Fsp3) is 0.160. The van der Waals surface area contributed by atoms with Gasteiger partial charge in [0.05, 0.1) is 26.1 Å². The molecule has 3 rings (SSSR count). The molecule has 3 aromatic rings. The first-order valence-corrected chi connectivity index (χ1v) is 10.8. The number of hydrogen-bond acceptors (Lipinski definition) is 7. The van der Waals surface area contributed by atoms with Crippen molar-refractivity contribution in [1.29, 1.82) is 0 Å². The quantitative estimate of drug-likeness (QED) is 0.307. The predicted molar refractivity (Wildman–Crippen MR) is 133 cm³/mol. The van der Waals surface area contributed by atoms with Crippen molar-refractivity contribution in [3.05, 3.63) is 77.3 Å². The van der Waals surface area contributed by atoms with E-state index in [0.717, 1.165) is 0 Å². The number of benzene rings is 3. The maximum atomic E-state index is 12.3. The Hall–Kier alpha value is -4.24. The Morgan fingerprint density at radius 1 is 0.857 bits per heavy atom. The number of halogens is 1. The molecule has 2 amide bonds. The molecule has 10 heteroatoms. The predicted octanol–water partition coefficient (Wildman–Crippen LogP) is 3.90. The Labute approximate surface area is 207 Å². The van der Waals surface area contributed by atoms with E-state index in [1.165, 1.54) is 20.4 Å². The zero-order chi connectivity index (χ0) is 25.0. The molecule has 0 fully saturated rings. The number of nitrogens with one attached hydrogen (secondary N) is 2. The molecule has 0 aliphatic rings. The number of para-hydroxylation sites is 2. The second-order valence-electron chi connectivity index (χ2n) is 6.99. The molecule has 0 saturated carbocycles. The van der Waals surface area contributed by atoms with Crippen LogP contribution in [0.15, 0.2) is 71.8 Å². The molecule has 182 valence electrons. The molecule has 0 aromatic heterocycles. The van der Waals surface area contributed by atoms with Crippen molar-refractivity contribution in [2.75, 3.05) is 32.8 Å². The maximum Gasteiger partial charge on any atom is 0.277 e. The summed E-state index contributed by atoms with van der Waals surface area (Å²) < 4.78 is 21.5. The van der Waals surface area contributed by atoms with Crippen molar-refractivity contribution >= 4 is 35.3 Å². The highest BCUT2D eigenvalue weighted by molar-refractivity contribution is 6.30. The van der Waals surface area contributed by atoms with Gasteiger partial charge in [-0.25, -0.2) is 5.43 Å². The van der Waals surface area contributed by atoms with E-state index in [1.807, 2.05) is 0 Å². The van der Waals surface area contributed by atoms with Gasteiger partial charge in [-0.2, -0.15) is 5.10 Å². The van der Waals surface area contributed by atoms with Gasteiger partial charge >= 0.3 is 0 Å². The third-order valence-corrected chi connectivity index (χ3v) is 4.73. The minimum atomic E-state index is -0.436. The highest BCUT2D eigenvalue weighted by atomic mass is 35.5. The Morgan fingerprint density at radius 2 is 1.63 bits per heavy atom. The number of hydrazone groups is 1. The summed E-state index contributed by atoms with van der Waals surface area (Å²) in [5, 5.41) is 7.16. The zero-order valence-electron chi connectivity index (χ0n) is 19.1. The van der Waals surface area contributed by atoms with Gasteiger partial charge in [0.2, 0.25) is 0 Å². The fourth-order valence-corrected chi connectivity index (χ4v) is 3.06. The summed E-state index contributed by atoms with van der Waals surface area (Å²) in [6, 6.07) is 18.8. The molecular formula is C25H24ClN3O6. The summed E-state index contributed by atoms with van der Waals surface area (Å²) in [4.78, 5) is 24.2. The first-order valence-electron chi connectivity index (χ1n) is 10.4. The summed E-state index contributed by atoms with van der Waals surface area (Å²) >= 11 is 5.88. The third kappa shape index (κ3) is 7.94. The molecule has 2 N–H and O–H groups in total. The molecule has 0 radical (unpaired) electrons. The monoisotopic (exact) mass is 497 g/mol. The van der Waals surface area contributed by atoms with Crippen LogP contribution in [0.3, 0.4) is 0 Å². The first-order chi connectivity index (χ1) is 17.0. The topological polar surface area (TPSA) is 107 Å². The summed E-state index contributed by atoms with van der Waals surface area (Å²) in [5.74, 6) is 1.01. The highest BCUT2D eigenvalue weighted by Crippen LogP contribution is 2.28. The van der Waals surface area contributed by atoms with Crippen LogP contribution >= 0.6 is 11.6 Å². The summed E-state index contributed by atoms with van der Waals surface area (Å²) in [7, 11) is 3.00. The molecule has 0 bridgehead atoms. The minimum Gasteiger partial charge on any atom is -0.495 e. The molecule has 0 heterocycles. The van der Waals surface area contributed by atoms with Gasteiger partial charge in [0, 0.05) is 5.02 Å². The number of ether oxygens (including phenoxy) is 4. The molecule has 35 heavy (non-hydrogen) atoms. The van der Waals surface area contributed by atoms with Gasteiger partial charge in [-0.15, -0.1) is 0 Å². The lowest BCUT2D eigenvalue weighted by Crippen LogP contribution is -2.24. The second kappa shape index (κ2) is 12.9. The van der Waals surface area contributed by atoms with Crippen LogP contribution in [0.1, 0.15) is 5.56 Å². The van der Waals surface area contributed by atoms with E-state index in [4.69, 9.17) is 30.5 Å². The zero-order valence-corrected chi connectivity index (χ0v) is 19.9. The van der Waals surface area contributed by atoms with Crippen LogP contribution in [0.5, 0.6) is 23.0 Å². The van der Waals surface area contributed by atoms with E-state index in [0.29, 0.717) is 39.3 Å². The molecule has 0 aliphatic heterocycles. The van der Waals surface area contributed by atoms with Crippen molar-refractivity contribution in [3.63, 3.8) is 0 Å². The van der Waals surface area contributed by atoms with E-state index in [9.17, 15) is 9.59 Å². The van der Waals surface area contributed by atoms with E-state index in [2.05, 4.69) is 15.8 Å². The molecule has 9 nitrogen and oxygen atoms in total. The number of carbonyl (C=O) groups excluding carboxylic acids is 2. The van der Waals surface area contributed by atoms with Gasteiger partial charge in [0.15, 0.2) is 24.7 Å². The van der Waals surface area contributed by atoms with Crippen molar-refractivity contribution in [1.82, 2.24) is 5.43 Å². The van der Waals surface area contributed by atoms with E-state index in [-0.39, 0.29) is 19.1 Å². The molecule has 0 aliphatic carbocycles. The van der Waals surface area contributed by atoms with Crippen LogP contribution < -0.4 is 29.7 Å². The SMILES string of the molecule is COc1ccccc1NC(=O)COc1ccc(/C=N/NC(=O)COc2cccc(Cl)c2)cc1OC. The average Bonchev–Trinajstić information content (AvgIpc) is 2.87. The summed E-state index contributed by atoms with van der Waals surface area (Å²) in [6.45, 7) is -0.449. The van der Waals surface area contributed by atoms with Gasteiger partial charge in [-0.05, 0) is 54.1 Å². The largest absolute Gasteiger partial charge is 0.495 e.